The topological polar surface area (TPSA) is 91.4 Å². The van der Waals surface area contributed by atoms with Crippen LogP contribution in [0.3, 0.4) is 0 Å². The van der Waals surface area contributed by atoms with Gasteiger partial charge >= 0.3 is 5.56 Å². The van der Waals surface area contributed by atoms with Gasteiger partial charge in [-0.1, -0.05) is 73.2 Å². The smallest absolute Gasteiger partial charge is 0.300 e. The summed E-state index contributed by atoms with van der Waals surface area (Å²) in [5.41, 5.74) is 3.16. The fourth-order valence-corrected chi connectivity index (χ4v) is 5.20. The summed E-state index contributed by atoms with van der Waals surface area (Å²) in [5, 5.41) is 9.23. The van der Waals surface area contributed by atoms with Crippen molar-refractivity contribution in [3.05, 3.63) is 122 Å². The molecule has 3 heterocycles. The molecule has 198 valence electrons. The van der Waals surface area contributed by atoms with Crippen LogP contribution in [0.2, 0.25) is 0 Å². The SMILES string of the molecule is CCCCOc1ccc(-c2nn(-c3ccccc3)cc2C=c2sc3nc(=O)c(-c4ccccc4)nn3c2=O)cc1. The van der Waals surface area contributed by atoms with Gasteiger partial charge in [-0.15, -0.1) is 0 Å². The average Bonchev–Trinajstić information content (AvgIpc) is 3.54. The third-order valence-electron chi connectivity index (χ3n) is 6.38. The predicted molar refractivity (Wildman–Crippen MR) is 157 cm³/mol. The van der Waals surface area contributed by atoms with Crippen LogP contribution in [0.4, 0.5) is 0 Å². The molecule has 0 atom stereocenters. The summed E-state index contributed by atoms with van der Waals surface area (Å²) in [6, 6.07) is 26.6. The molecule has 40 heavy (non-hydrogen) atoms. The summed E-state index contributed by atoms with van der Waals surface area (Å²) < 4.78 is 9.21. The Morgan fingerprint density at radius 2 is 1.55 bits per heavy atom. The molecule has 0 fully saturated rings. The van der Waals surface area contributed by atoms with Gasteiger partial charge in [0.25, 0.3) is 5.56 Å². The number of nitrogens with zero attached hydrogens (tertiary/aromatic N) is 5. The van der Waals surface area contributed by atoms with Gasteiger partial charge in [0.05, 0.1) is 16.8 Å². The van der Waals surface area contributed by atoms with Crippen LogP contribution >= 0.6 is 11.3 Å². The fourth-order valence-electron chi connectivity index (χ4n) is 4.30. The van der Waals surface area contributed by atoms with Crippen LogP contribution in [0.5, 0.6) is 5.75 Å². The maximum Gasteiger partial charge on any atom is 0.300 e. The molecule has 0 aliphatic rings. The number of rotatable bonds is 8. The third kappa shape index (κ3) is 5.06. The van der Waals surface area contributed by atoms with E-state index in [2.05, 4.69) is 17.0 Å². The van der Waals surface area contributed by atoms with Crippen molar-refractivity contribution >= 4 is 22.4 Å². The summed E-state index contributed by atoms with van der Waals surface area (Å²) in [5.74, 6) is 0.799. The highest BCUT2D eigenvalue weighted by atomic mass is 32.1. The number of unbranched alkanes of at least 4 members (excludes halogenated alkanes) is 1. The van der Waals surface area contributed by atoms with E-state index in [0.29, 0.717) is 22.4 Å². The van der Waals surface area contributed by atoms with E-state index in [9.17, 15) is 9.59 Å². The highest BCUT2D eigenvalue weighted by Crippen LogP contribution is 2.26. The second-order valence-electron chi connectivity index (χ2n) is 9.18. The van der Waals surface area contributed by atoms with Crippen LogP contribution in [0, 0.1) is 0 Å². The molecule has 3 aromatic carbocycles. The summed E-state index contributed by atoms with van der Waals surface area (Å²) in [6.45, 7) is 2.80. The Hall–Kier alpha value is -4.89. The molecule has 0 radical (unpaired) electrons. The zero-order chi connectivity index (χ0) is 27.5. The predicted octanol–water partition coefficient (Wildman–Crippen LogP) is 4.76. The monoisotopic (exact) mass is 547 g/mol. The Bertz CT molecular complexity index is 1950. The number of benzene rings is 3. The number of ether oxygens (including phenoxy) is 1. The van der Waals surface area contributed by atoms with Gasteiger partial charge in [0, 0.05) is 22.9 Å². The average molecular weight is 548 g/mol. The summed E-state index contributed by atoms with van der Waals surface area (Å²) in [4.78, 5) is 30.5. The van der Waals surface area contributed by atoms with Crippen molar-refractivity contribution in [3.63, 3.8) is 0 Å². The van der Waals surface area contributed by atoms with E-state index in [1.54, 1.807) is 22.9 Å². The number of para-hydroxylation sites is 1. The Morgan fingerprint density at radius 3 is 2.27 bits per heavy atom. The number of aromatic nitrogens is 5. The van der Waals surface area contributed by atoms with Gasteiger partial charge in [-0.25, -0.2) is 4.68 Å². The molecule has 0 spiro atoms. The van der Waals surface area contributed by atoms with Gasteiger partial charge in [-0.05, 0) is 48.9 Å². The van der Waals surface area contributed by atoms with E-state index in [4.69, 9.17) is 9.84 Å². The van der Waals surface area contributed by atoms with Gasteiger partial charge in [0.2, 0.25) is 4.96 Å². The van der Waals surface area contributed by atoms with E-state index in [0.717, 1.165) is 46.7 Å². The molecule has 0 aliphatic carbocycles. The summed E-state index contributed by atoms with van der Waals surface area (Å²) in [7, 11) is 0. The Balaban J connectivity index is 1.46. The van der Waals surface area contributed by atoms with Gasteiger partial charge in [0.15, 0.2) is 5.69 Å². The highest BCUT2D eigenvalue weighted by Gasteiger charge is 2.15. The lowest BCUT2D eigenvalue weighted by atomic mass is 10.1. The fraction of sp³-hybridized carbons (Fsp3) is 0.129. The highest BCUT2D eigenvalue weighted by molar-refractivity contribution is 7.15. The van der Waals surface area contributed by atoms with Crippen molar-refractivity contribution < 1.29 is 4.74 Å². The maximum absolute atomic E-state index is 13.4. The zero-order valence-corrected chi connectivity index (χ0v) is 22.5. The minimum Gasteiger partial charge on any atom is -0.494 e. The molecule has 0 bridgehead atoms. The molecular weight excluding hydrogens is 522 g/mol. The van der Waals surface area contributed by atoms with Crippen molar-refractivity contribution in [2.24, 2.45) is 0 Å². The van der Waals surface area contributed by atoms with Crippen LogP contribution in [0.15, 0.2) is 101 Å². The summed E-state index contributed by atoms with van der Waals surface area (Å²) in [6.07, 6.45) is 5.74. The van der Waals surface area contributed by atoms with Gasteiger partial charge in [-0.3, -0.25) is 9.59 Å². The van der Waals surface area contributed by atoms with Crippen LogP contribution in [0.25, 0.3) is 39.2 Å². The molecule has 3 aromatic heterocycles. The number of fused-ring (bicyclic) bond motifs is 1. The summed E-state index contributed by atoms with van der Waals surface area (Å²) >= 11 is 1.12. The molecule has 0 saturated heterocycles. The minimum absolute atomic E-state index is 0.137. The number of thiazole rings is 1. The van der Waals surface area contributed by atoms with E-state index >= 15 is 0 Å². The second kappa shape index (κ2) is 11.1. The lowest BCUT2D eigenvalue weighted by Gasteiger charge is -2.06. The van der Waals surface area contributed by atoms with Crippen molar-refractivity contribution in [2.45, 2.75) is 19.8 Å². The Labute approximate surface area is 233 Å². The first kappa shape index (κ1) is 25.4. The first-order valence-electron chi connectivity index (χ1n) is 13.0. The van der Waals surface area contributed by atoms with Crippen molar-refractivity contribution in [1.29, 1.82) is 0 Å². The van der Waals surface area contributed by atoms with Crippen molar-refractivity contribution in [2.75, 3.05) is 6.61 Å². The molecule has 0 unspecified atom stereocenters. The minimum atomic E-state index is -0.474. The quantitative estimate of drug-likeness (QED) is 0.255. The van der Waals surface area contributed by atoms with E-state index in [1.807, 2.05) is 79.0 Å². The molecule has 0 N–H and O–H groups in total. The second-order valence-corrected chi connectivity index (χ2v) is 10.2. The van der Waals surface area contributed by atoms with E-state index < -0.39 is 5.56 Å². The molecule has 0 saturated carbocycles. The largest absolute Gasteiger partial charge is 0.494 e. The molecule has 0 amide bonds. The lowest BCUT2D eigenvalue weighted by Crippen LogP contribution is -2.26. The Morgan fingerprint density at radius 1 is 0.850 bits per heavy atom. The molecule has 9 heteroatoms. The maximum atomic E-state index is 13.4. The van der Waals surface area contributed by atoms with Crippen LogP contribution in [-0.4, -0.2) is 31.0 Å². The zero-order valence-electron chi connectivity index (χ0n) is 21.7. The molecule has 6 aromatic rings. The van der Waals surface area contributed by atoms with E-state index in [1.165, 1.54) is 4.52 Å². The number of hydrogen-bond acceptors (Lipinski definition) is 7. The van der Waals surface area contributed by atoms with Crippen molar-refractivity contribution in [3.8, 4) is 34.0 Å². The first-order chi connectivity index (χ1) is 19.6. The molecule has 8 nitrogen and oxygen atoms in total. The standard InChI is InChI=1S/C31H25N5O3S/c1-2-3-18-39-25-16-14-22(15-17-25)27-23(20-35(33-27)24-12-8-5-9-13-24)19-26-30(38)36-31(40-26)32-29(37)28(34-36)21-10-6-4-7-11-21/h4-17,19-20H,2-3,18H2,1H3. The Kier molecular flexibility index (Phi) is 7.03. The van der Waals surface area contributed by atoms with Gasteiger partial charge in [-0.2, -0.15) is 19.7 Å². The molecule has 0 aliphatic heterocycles. The van der Waals surface area contributed by atoms with Crippen LogP contribution in [0.1, 0.15) is 25.3 Å². The lowest BCUT2D eigenvalue weighted by molar-refractivity contribution is 0.309. The molecular formula is C31H25N5O3S. The van der Waals surface area contributed by atoms with Crippen LogP contribution in [-0.2, 0) is 0 Å². The number of hydrogen-bond donors (Lipinski definition) is 0. The van der Waals surface area contributed by atoms with Crippen LogP contribution < -0.4 is 20.4 Å². The van der Waals surface area contributed by atoms with E-state index in [-0.39, 0.29) is 16.2 Å². The molecule has 6 rings (SSSR count). The van der Waals surface area contributed by atoms with Crippen molar-refractivity contribution in [1.82, 2.24) is 24.4 Å². The third-order valence-corrected chi connectivity index (χ3v) is 7.34. The van der Waals surface area contributed by atoms with Gasteiger partial charge < -0.3 is 4.74 Å². The normalized spacial score (nSPS) is 11.8. The van der Waals surface area contributed by atoms with Gasteiger partial charge in [0.1, 0.15) is 11.4 Å². The first-order valence-corrected chi connectivity index (χ1v) is 13.8.